The molecule has 0 spiro atoms. The third-order valence-corrected chi connectivity index (χ3v) is 8.75. The summed E-state index contributed by atoms with van der Waals surface area (Å²) in [6.45, 7) is 8.88. The zero-order valence-corrected chi connectivity index (χ0v) is 32.7. The van der Waals surface area contributed by atoms with Crippen LogP contribution >= 0.6 is 0 Å². The molecule has 0 bridgehead atoms. The number of nitrogens with zero attached hydrogens (tertiary/aromatic N) is 5. The van der Waals surface area contributed by atoms with E-state index in [1.165, 1.54) is 0 Å². The van der Waals surface area contributed by atoms with Crippen molar-refractivity contribution in [3.8, 4) is 11.1 Å². The van der Waals surface area contributed by atoms with Crippen LogP contribution in [0.25, 0.3) is 11.1 Å². The number of carboxylic acid groups (broad SMARTS) is 1. The third kappa shape index (κ3) is 9.63. The maximum absolute atomic E-state index is 12.3. The predicted molar refractivity (Wildman–Crippen MR) is 205 cm³/mol. The maximum atomic E-state index is 12.3. The fraction of sp³-hybridized carbons (Fsp3) is 0.186. The van der Waals surface area contributed by atoms with Gasteiger partial charge in [0, 0.05) is 12.0 Å². The van der Waals surface area contributed by atoms with Crippen LogP contribution in [-0.4, -0.2) is 33.4 Å². The molecule has 0 unspecified atom stereocenters. The second kappa shape index (κ2) is 18.5. The van der Waals surface area contributed by atoms with Crippen molar-refractivity contribution < 1.29 is 44.6 Å². The molecular weight excluding hydrogens is 672 g/mol. The summed E-state index contributed by atoms with van der Waals surface area (Å²) in [4.78, 5) is 23.3. The van der Waals surface area contributed by atoms with E-state index < -0.39 is 17.2 Å². The van der Waals surface area contributed by atoms with E-state index in [-0.39, 0.29) is 47.6 Å². The standard InChI is InChI=1S/C43H44N6O3.Na/c1-5-17-39(45-31(2)42(3,4)52)49(41(50)51)30-32-26-28-33(29-27-32)37-24-15-16-25-38(37)40(47-48-44)46-43(34-18-9-6-10-19-34,35-20-11-7-12-21-35)36-22-13-8-14-23-36;/h6-16,18-29,52H,2,5,17,30H2,1,3-4H3,(H,50,51)(H2,44,46,47);/q;+1/p-1. The van der Waals surface area contributed by atoms with Gasteiger partial charge in [0.05, 0.1) is 12.2 Å². The van der Waals surface area contributed by atoms with Crippen LogP contribution in [0.3, 0.4) is 0 Å². The van der Waals surface area contributed by atoms with E-state index in [9.17, 15) is 15.0 Å². The molecule has 5 rings (SSSR count). The van der Waals surface area contributed by atoms with Gasteiger partial charge in [-0.05, 0) is 53.6 Å². The summed E-state index contributed by atoms with van der Waals surface area (Å²) in [7, 11) is 0. The molecule has 10 heteroatoms. The normalized spacial score (nSPS) is 12.3. The Hall–Kier alpha value is -5.19. The van der Waals surface area contributed by atoms with Gasteiger partial charge in [0.2, 0.25) is 0 Å². The van der Waals surface area contributed by atoms with Crippen molar-refractivity contribution in [1.82, 2.24) is 4.90 Å². The average molecular weight is 715 g/mol. The summed E-state index contributed by atoms with van der Waals surface area (Å²) in [6, 6.07) is 45.5. The first-order valence-electron chi connectivity index (χ1n) is 17.1. The van der Waals surface area contributed by atoms with Crippen molar-refractivity contribution in [1.29, 1.82) is 0 Å². The number of hydrogen-bond donors (Lipinski definition) is 2. The molecule has 0 saturated carbocycles. The quantitative estimate of drug-likeness (QED) is 0.0355. The molecular formula is C43H43N6NaO3. The average Bonchev–Trinajstić information content (AvgIpc) is 3.16. The van der Waals surface area contributed by atoms with Crippen LogP contribution in [0.4, 0.5) is 4.79 Å². The second-order valence-corrected chi connectivity index (χ2v) is 12.8. The van der Waals surface area contributed by atoms with Crippen LogP contribution in [-0.2, 0) is 12.1 Å². The van der Waals surface area contributed by atoms with E-state index in [4.69, 9.17) is 10.8 Å². The largest absolute Gasteiger partial charge is 1.00 e. The van der Waals surface area contributed by atoms with Gasteiger partial charge in [-0.15, -0.1) is 5.11 Å². The zero-order chi connectivity index (χ0) is 37.1. The molecule has 264 valence electrons. The zero-order valence-electron chi connectivity index (χ0n) is 30.7. The number of aliphatic hydroxyl groups is 1. The van der Waals surface area contributed by atoms with Crippen molar-refractivity contribution in [3.63, 3.8) is 0 Å². The van der Waals surface area contributed by atoms with Crippen molar-refractivity contribution in [2.24, 2.45) is 26.2 Å². The molecule has 3 N–H and O–H groups in total. The minimum atomic E-state index is -1.39. The number of amides is 1. The molecule has 0 aliphatic rings. The minimum absolute atomic E-state index is 0. The topological polar surface area (TPSA) is 139 Å². The Kier molecular flexibility index (Phi) is 14.2. The van der Waals surface area contributed by atoms with Crippen LogP contribution in [0, 0.1) is 0 Å². The predicted octanol–water partition coefficient (Wildman–Crippen LogP) is 5.05. The molecule has 1 amide bonds. The number of aliphatic imine (C=N–C) groups is 2. The van der Waals surface area contributed by atoms with Crippen molar-refractivity contribution >= 4 is 17.8 Å². The number of nitrogens with two attached hydrogens (primary N) is 1. The second-order valence-electron chi connectivity index (χ2n) is 12.8. The molecule has 0 aliphatic carbocycles. The molecule has 0 fully saturated rings. The summed E-state index contributed by atoms with van der Waals surface area (Å²) in [5, 5.41) is 30.9. The molecule has 0 aromatic heterocycles. The Morgan fingerprint density at radius 2 is 1.28 bits per heavy atom. The Morgan fingerprint density at radius 1 is 0.792 bits per heavy atom. The van der Waals surface area contributed by atoms with Crippen molar-refractivity contribution in [3.05, 3.63) is 180 Å². The summed E-state index contributed by atoms with van der Waals surface area (Å²) in [5.41, 5.74) is 3.77. The smallest absolute Gasteiger partial charge is 0.530 e. The monoisotopic (exact) mass is 714 g/mol. The SMILES string of the molecule is C=C(N=C(CCC)N(Cc1ccc(-c2ccccc2C(N=NN)=NC(c2ccccc2)(c2ccccc2)c2ccccc2)cc1)C(=O)[O-])C(C)(C)O.[Na+]. The molecule has 0 saturated heterocycles. The minimum Gasteiger partial charge on any atom is -0.530 e. The first-order chi connectivity index (χ1) is 25.1. The fourth-order valence-electron chi connectivity index (χ4n) is 6.01. The van der Waals surface area contributed by atoms with E-state index >= 15 is 0 Å². The van der Waals surface area contributed by atoms with Crippen molar-refractivity contribution in [2.75, 3.05) is 0 Å². The Labute approximate surface area is 333 Å². The van der Waals surface area contributed by atoms with E-state index in [0.717, 1.165) is 38.3 Å². The summed E-state index contributed by atoms with van der Waals surface area (Å²) in [6.07, 6.45) is -0.387. The van der Waals surface area contributed by atoms with Crippen LogP contribution in [0.15, 0.2) is 172 Å². The molecule has 0 aliphatic heterocycles. The Bertz CT molecular complexity index is 1960. The van der Waals surface area contributed by atoms with Gasteiger partial charge >= 0.3 is 29.6 Å². The molecule has 5 aromatic rings. The van der Waals surface area contributed by atoms with E-state index in [0.29, 0.717) is 24.2 Å². The Balaban J connectivity index is 0.00000627. The van der Waals surface area contributed by atoms with Crippen LogP contribution in [0.5, 0.6) is 0 Å². The summed E-state index contributed by atoms with van der Waals surface area (Å²) < 4.78 is 0. The van der Waals surface area contributed by atoms with Gasteiger partial charge in [0.25, 0.3) is 0 Å². The van der Waals surface area contributed by atoms with Gasteiger partial charge in [-0.25, -0.2) is 9.98 Å². The third-order valence-electron chi connectivity index (χ3n) is 8.75. The maximum Gasteiger partial charge on any atom is 1.00 e. The van der Waals surface area contributed by atoms with Crippen LogP contribution < -0.4 is 40.5 Å². The van der Waals surface area contributed by atoms with Gasteiger partial charge in [0.1, 0.15) is 23.1 Å². The number of hydrogen-bond acceptors (Lipinski definition) is 6. The molecule has 0 radical (unpaired) electrons. The number of carbonyl (C=O) groups is 1. The molecule has 5 aromatic carbocycles. The summed E-state index contributed by atoms with van der Waals surface area (Å²) >= 11 is 0. The van der Waals surface area contributed by atoms with Gasteiger partial charge in [0.15, 0.2) is 5.84 Å². The summed E-state index contributed by atoms with van der Waals surface area (Å²) in [5.74, 6) is 6.36. The van der Waals surface area contributed by atoms with E-state index in [2.05, 4.69) is 58.3 Å². The van der Waals surface area contributed by atoms with Crippen molar-refractivity contribution in [2.45, 2.75) is 51.3 Å². The molecule has 9 nitrogen and oxygen atoms in total. The first-order valence-corrected chi connectivity index (χ1v) is 17.1. The Morgan fingerprint density at radius 3 is 1.74 bits per heavy atom. The number of amidine groups is 2. The van der Waals surface area contributed by atoms with E-state index in [1.807, 2.05) is 110 Å². The van der Waals surface area contributed by atoms with Gasteiger partial charge in [-0.1, -0.05) is 158 Å². The van der Waals surface area contributed by atoms with Gasteiger partial charge in [-0.3, -0.25) is 0 Å². The fourth-order valence-corrected chi connectivity index (χ4v) is 6.01. The molecule has 0 atom stereocenters. The first kappa shape index (κ1) is 40.6. The van der Waals surface area contributed by atoms with Gasteiger partial charge in [-0.2, -0.15) is 0 Å². The molecule has 0 heterocycles. The van der Waals surface area contributed by atoms with Crippen LogP contribution in [0.1, 0.15) is 61.4 Å². The van der Waals surface area contributed by atoms with Gasteiger partial charge < -0.3 is 25.8 Å². The number of benzene rings is 5. The van der Waals surface area contributed by atoms with E-state index in [1.54, 1.807) is 13.8 Å². The number of rotatable bonds is 12. The number of carbonyl (C=O) groups excluding carboxylic acids is 1. The van der Waals surface area contributed by atoms with Crippen LogP contribution in [0.2, 0.25) is 0 Å². The molecule has 53 heavy (non-hydrogen) atoms.